The number of nitrogen functional groups attached to an aromatic ring is 1. The van der Waals surface area contributed by atoms with Gasteiger partial charge in [-0.15, -0.1) is 11.8 Å². The quantitative estimate of drug-likeness (QED) is 0.679. The number of carbonyl (C=O) groups excluding carboxylic acids is 3. The van der Waals surface area contributed by atoms with Crippen molar-refractivity contribution in [3.8, 4) is 0 Å². The van der Waals surface area contributed by atoms with Crippen molar-refractivity contribution in [3.63, 3.8) is 0 Å². The summed E-state index contributed by atoms with van der Waals surface area (Å²) in [4.78, 5) is 43.7. The van der Waals surface area contributed by atoms with Gasteiger partial charge in [0.05, 0.1) is 5.69 Å². The number of nitrogens with one attached hydrogen (secondary N) is 2. The highest BCUT2D eigenvalue weighted by Gasteiger charge is 2.32. The molecule has 0 radical (unpaired) electrons. The smallest absolute Gasteiger partial charge is 0.250 e. The van der Waals surface area contributed by atoms with E-state index in [1.165, 1.54) is 23.6 Å². The Kier molecular flexibility index (Phi) is 6.38. The van der Waals surface area contributed by atoms with Crippen molar-refractivity contribution in [3.05, 3.63) is 47.7 Å². The van der Waals surface area contributed by atoms with Gasteiger partial charge in [-0.2, -0.15) is 0 Å². The van der Waals surface area contributed by atoms with Crippen LogP contribution in [0.25, 0.3) is 0 Å². The molecule has 0 aliphatic carbocycles. The molecule has 3 amide bonds. The van der Waals surface area contributed by atoms with Crippen LogP contribution in [0.15, 0.2) is 41.3 Å². The number of aryl methyl sites for hydroxylation is 1. The Bertz CT molecular complexity index is 949. The maximum absolute atomic E-state index is 13.0. The lowest BCUT2D eigenvalue weighted by Gasteiger charge is -2.25. The molecule has 1 aromatic carbocycles. The fourth-order valence-corrected chi connectivity index (χ4v) is 4.13. The number of carbonyl (C=O) groups is 3. The Hall–Kier alpha value is -3.07. The Morgan fingerprint density at radius 1 is 1.28 bits per heavy atom. The predicted octanol–water partition coefficient (Wildman–Crippen LogP) is 1.23. The summed E-state index contributed by atoms with van der Waals surface area (Å²) in [6.45, 7) is 3.33. The molecule has 0 fully saturated rings. The first-order valence-corrected chi connectivity index (χ1v) is 10.1. The molecule has 0 saturated carbocycles. The number of hydrogen-bond acceptors (Lipinski definition) is 6. The van der Waals surface area contributed by atoms with Crippen molar-refractivity contribution in [1.82, 2.24) is 15.6 Å². The number of amides is 3. The Morgan fingerprint density at radius 3 is 2.76 bits per heavy atom. The second-order valence-corrected chi connectivity index (χ2v) is 7.78. The van der Waals surface area contributed by atoms with E-state index in [4.69, 9.17) is 5.73 Å². The molecular weight excluding hydrogens is 390 g/mol. The number of hydrogen-bond donors (Lipinski definition) is 3. The number of thioether (sulfide) groups is 1. The van der Waals surface area contributed by atoms with E-state index in [9.17, 15) is 14.4 Å². The number of aromatic nitrogens is 1. The van der Waals surface area contributed by atoms with E-state index in [0.29, 0.717) is 17.3 Å². The monoisotopic (exact) mass is 413 g/mol. The second kappa shape index (κ2) is 8.95. The highest BCUT2D eigenvalue weighted by Crippen LogP contribution is 2.34. The van der Waals surface area contributed by atoms with Crippen LogP contribution in [0.4, 0.5) is 11.5 Å². The number of anilines is 2. The average molecular weight is 414 g/mol. The molecule has 3 rings (SSSR count). The topological polar surface area (TPSA) is 117 Å². The molecule has 0 saturated heterocycles. The first-order chi connectivity index (χ1) is 13.8. The molecular formula is C20H23N5O3S. The van der Waals surface area contributed by atoms with Crippen LogP contribution in [0, 0.1) is 6.92 Å². The Labute approximate surface area is 173 Å². The summed E-state index contributed by atoms with van der Waals surface area (Å²) in [5.74, 6) is -0.0726. The highest BCUT2D eigenvalue weighted by atomic mass is 32.2. The van der Waals surface area contributed by atoms with Gasteiger partial charge in [0.2, 0.25) is 11.8 Å². The lowest BCUT2D eigenvalue weighted by Crippen LogP contribution is -2.51. The van der Waals surface area contributed by atoms with E-state index >= 15 is 0 Å². The van der Waals surface area contributed by atoms with Gasteiger partial charge >= 0.3 is 0 Å². The summed E-state index contributed by atoms with van der Waals surface area (Å²) in [6.07, 6.45) is 0. The summed E-state index contributed by atoms with van der Waals surface area (Å²) < 4.78 is 0. The highest BCUT2D eigenvalue weighted by molar-refractivity contribution is 7.99. The summed E-state index contributed by atoms with van der Waals surface area (Å²) >= 11 is 1.48. The number of benzene rings is 1. The molecule has 1 aliphatic rings. The van der Waals surface area contributed by atoms with Crippen molar-refractivity contribution in [2.24, 2.45) is 0 Å². The standard InChI is InChI=1S/C20H23N5O3S/c1-12-14(7-8-18(21)23-12)9-22-19(27)10-25-16-5-3-4-6-17(16)29-11-15(20(25)28)24-13(2)26/h3-8,15H,9-11H2,1-2H3,(H2,21,23)(H,22,27)(H,24,26)/t15-/m1/s1. The van der Waals surface area contributed by atoms with Crippen LogP contribution in [0.2, 0.25) is 0 Å². The fraction of sp³-hybridized carbons (Fsp3) is 0.300. The molecule has 29 heavy (non-hydrogen) atoms. The minimum atomic E-state index is -0.693. The number of nitrogens with zero attached hydrogens (tertiary/aromatic N) is 2. The summed E-state index contributed by atoms with van der Waals surface area (Å²) in [5, 5.41) is 5.50. The Morgan fingerprint density at radius 2 is 2.03 bits per heavy atom. The van der Waals surface area contributed by atoms with Crippen molar-refractivity contribution in [2.75, 3.05) is 22.9 Å². The third kappa shape index (κ3) is 5.05. The minimum Gasteiger partial charge on any atom is -0.384 e. The molecule has 2 heterocycles. The maximum Gasteiger partial charge on any atom is 0.250 e. The maximum atomic E-state index is 13.0. The van der Waals surface area contributed by atoms with Crippen LogP contribution in [-0.4, -0.2) is 41.0 Å². The summed E-state index contributed by atoms with van der Waals surface area (Å²) in [5.41, 5.74) is 7.91. The van der Waals surface area contributed by atoms with Gasteiger partial charge in [-0.05, 0) is 30.7 Å². The molecule has 1 aromatic heterocycles. The van der Waals surface area contributed by atoms with Gasteiger partial charge in [-0.3, -0.25) is 14.4 Å². The van der Waals surface area contributed by atoms with E-state index in [-0.39, 0.29) is 30.8 Å². The van der Waals surface area contributed by atoms with Gasteiger partial charge in [-0.1, -0.05) is 18.2 Å². The van der Waals surface area contributed by atoms with E-state index in [1.54, 1.807) is 12.1 Å². The molecule has 2 aromatic rings. The van der Waals surface area contributed by atoms with Crippen LogP contribution >= 0.6 is 11.8 Å². The van der Waals surface area contributed by atoms with Gasteiger partial charge < -0.3 is 21.3 Å². The summed E-state index contributed by atoms with van der Waals surface area (Å²) in [6, 6.07) is 10.2. The zero-order valence-corrected chi connectivity index (χ0v) is 17.1. The third-order valence-electron chi connectivity index (χ3n) is 4.50. The van der Waals surface area contributed by atoms with Crippen LogP contribution in [0.1, 0.15) is 18.2 Å². The largest absolute Gasteiger partial charge is 0.384 e. The predicted molar refractivity (Wildman–Crippen MR) is 112 cm³/mol. The first kappa shape index (κ1) is 20.7. The zero-order valence-electron chi connectivity index (χ0n) is 16.3. The molecule has 1 aliphatic heterocycles. The van der Waals surface area contributed by atoms with Crippen molar-refractivity contribution < 1.29 is 14.4 Å². The molecule has 0 bridgehead atoms. The normalized spacial score (nSPS) is 16.0. The minimum absolute atomic E-state index is 0.145. The van der Waals surface area contributed by atoms with E-state index in [0.717, 1.165) is 16.2 Å². The van der Waals surface area contributed by atoms with Gasteiger partial charge in [0.25, 0.3) is 5.91 Å². The lowest BCUT2D eigenvalue weighted by molar-refractivity contribution is -0.127. The van der Waals surface area contributed by atoms with E-state index in [2.05, 4.69) is 15.6 Å². The lowest BCUT2D eigenvalue weighted by atomic mass is 10.2. The molecule has 8 nitrogen and oxygen atoms in total. The van der Waals surface area contributed by atoms with Crippen molar-refractivity contribution >= 4 is 41.0 Å². The van der Waals surface area contributed by atoms with Gasteiger partial charge in [0, 0.05) is 29.8 Å². The van der Waals surface area contributed by atoms with Crippen LogP contribution in [-0.2, 0) is 20.9 Å². The van der Waals surface area contributed by atoms with Gasteiger partial charge in [0.1, 0.15) is 18.4 Å². The van der Waals surface area contributed by atoms with Gasteiger partial charge in [0.15, 0.2) is 0 Å². The van der Waals surface area contributed by atoms with Crippen LogP contribution < -0.4 is 21.3 Å². The molecule has 1 atom stereocenters. The zero-order chi connectivity index (χ0) is 21.0. The van der Waals surface area contributed by atoms with Crippen LogP contribution in [0.3, 0.4) is 0 Å². The summed E-state index contributed by atoms with van der Waals surface area (Å²) in [7, 11) is 0. The number of para-hydroxylation sites is 1. The van der Waals surface area contributed by atoms with E-state index < -0.39 is 6.04 Å². The Balaban J connectivity index is 1.75. The molecule has 9 heteroatoms. The molecule has 0 unspecified atom stereocenters. The van der Waals surface area contributed by atoms with Crippen LogP contribution in [0.5, 0.6) is 0 Å². The molecule has 4 N–H and O–H groups in total. The molecule has 0 spiro atoms. The van der Waals surface area contributed by atoms with E-state index in [1.807, 2.05) is 31.2 Å². The average Bonchev–Trinajstić information content (AvgIpc) is 2.79. The first-order valence-electron chi connectivity index (χ1n) is 9.14. The number of pyridine rings is 1. The molecule has 152 valence electrons. The SMILES string of the molecule is CC(=O)N[C@@H]1CSc2ccccc2N(CC(=O)NCc2ccc(N)nc2C)C1=O. The number of rotatable bonds is 5. The van der Waals surface area contributed by atoms with Crippen molar-refractivity contribution in [2.45, 2.75) is 31.3 Å². The third-order valence-corrected chi connectivity index (χ3v) is 5.65. The number of nitrogens with two attached hydrogens (primary N) is 1. The van der Waals surface area contributed by atoms with Gasteiger partial charge in [-0.25, -0.2) is 4.98 Å². The second-order valence-electron chi connectivity index (χ2n) is 6.71. The fourth-order valence-electron chi connectivity index (χ4n) is 3.05. The van der Waals surface area contributed by atoms with Crippen molar-refractivity contribution in [1.29, 1.82) is 0 Å². The number of fused-ring (bicyclic) bond motifs is 1.